The zero-order valence-electron chi connectivity index (χ0n) is 18.0. The summed E-state index contributed by atoms with van der Waals surface area (Å²) in [5.74, 6) is 3.77. The molecule has 0 spiro atoms. The molecule has 0 aromatic carbocycles. The van der Waals surface area contributed by atoms with E-state index in [4.69, 9.17) is 4.74 Å². The number of aliphatic hydroxyl groups excluding tert-OH is 4. The fourth-order valence-electron chi connectivity index (χ4n) is 7.24. The van der Waals surface area contributed by atoms with Crippen LogP contribution in [0.2, 0.25) is 0 Å². The molecule has 4 unspecified atom stereocenters. The second-order valence-corrected chi connectivity index (χ2v) is 10.7. The van der Waals surface area contributed by atoms with E-state index < -0.39 is 24.4 Å². The molecule has 0 aromatic rings. The Bertz CT molecular complexity index is 529. The third kappa shape index (κ3) is 4.53. The van der Waals surface area contributed by atoms with Gasteiger partial charge in [-0.2, -0.15) is 0 Å². The fraction of sp³-hybridized carbons (Fsp3) is 1.00. The first-order valence-corrected chi connectivity index (χ1v) is 11.9. The number of aliphatic hydroxyl groups is 4. The molecule has 4 aliphatic carbocycles. The van der Waals surface area contributed by atoms with Gasteiger partial charge in [0, 0.05) is 13.2 Å². The van der Waals surface area contributed by atoms with Crippen LogP contribution in [0.3, 0.4) is 0 Å². The molecule has 6 heteroatoms. The molecule has 29 heavy (non-hydrogen) atoms. The molecule has 0 amide bonds. The molecular formula is C23H41NO5. The lowest BCUT2D eigenvalue weighted by atomic mass is 9.47. The number of likely N-dealkylation sites (tertiary alicyclic amines) is 1. The molecular weight excluding hydrogens is 370 g/mol. The van der Waals surface area contributed by atoms with E-state index in [1.54, 1.807) is 0 Å². The average molecular weight is 412 g/mol. The number of β-amino-alcohol motifs (C(OH)–C–C–N with tert-alkyl or cyclic N) is 1. The van der Waals surface area contributed by atoms with Gasteiger partial charge in [0.15, 0.2) is 0 Å². The van der Waals surface area contributed by atoms with Crippen LogP contribution in [-0.2, 0) is 4.74 Å². The van der Waals surface area contributed by atoms with Gasteiger partial charge in [-0.15, -0.1) is 0 Å². The summed E-state index contributed by atoms with van der Waals surface area (Å²) < 4.78 is 6.17. The van der Waals surface area contributed by atoms with E-state index in [-0.39, 0.29) is 6.61 Å². The minimum atomic E-state index is -1.18. The Morgan fingerprint density at radius 2 is 1.69 bits per heavy atom. The number of nitrogens with zero attached hydrogens (tertiary/aromatic N) is 1. The van der Waals surface area contributed by atoms with E-state index in [1.165, 1.54) is 32.1 Å². The van der Waals surface area contributed by atoms with Crippen molar-refractivity contribution in [3.63, 3.8) is 0 Å². The van der Waals surface area contributed by atoms with E-state index >= 15 is 0 Å². The normalized spacial score (nSPS) is 47.1. The van der Waals surface area contributed by atoms with Crippen LogP contribution in [0.4, 0.5) is 0 Å². The van der Waals surface area contributed by atoms with Gasteiger partial charge in [-0.1, -0.05) is 6.92 Å². The van der Waals surface area contributed by atoms with Gasteiger partial charge in [-0.05, 0) is 87.0 Å². The van der Waals surface area contributed by atoms with Gasteiger partial charge in [0.05, 0.1) is 25.4 Å². The van der Waals surface area contributed by atoms with Crippen molar-refractivity contribution in [2.75, 3.05) is 32.9 Å². The van der Waals surface area contributed by atoms with E-state index in [0.29, 0.717) is 18.5 Å². The van der Waals surface area contributed by atoms with Crippen LogP contribution in [0.5, 0.6) is 0 Å². The first-order chi connectivity index (χ1) is 13.9. The van der Waals surface area contributed by atoms with Crippen molar-refractivity contribution in [2.45, 2.75) is 82.6 Å². The van der Waals surface area contributed by atoms with Crippen molar-refractivity contribution in [3.8, 4) is 0 Å². The summed E-state index contributed by atoms with van der Waals surface area (Å²) in [5, 5.41) is 39.2. The maximum absolute atomic E-state index is 10.1. The molecule has 1 heterocycles. The molecule has 9 atom stereocenters. The average Bonchev–Trinajstić information content (AvgIpc) is 2.69. The molecule has 4 saturated carbocycles. The Hall–Kier alpha value is -0.240. The number of hydrogen-bond donors (Lipinski definition) is 4. The fourth-order valence-corrected chi connectivity index (χ4v) is 7.24. The molecule has 4 N–H and O–H groups in total. The number of piperidine rings is 1. The summed E-state index contributed by atoms with van der Waals surface area (Å²) in [4.78, 5) is 1.90. The monoisotopic (exact) mass is 411 g/mol. The summed E-state index contributed by atoms with van der Waals surface area (Å²) >= 11 is 0. The topological polar surface area (TPSA) is 93.4 Å². The van der Waals surface area contributed by atoms with E-state index in [1.807, 2.05) is 4.90 Å². The zero-order valence-corrected chi connectivity index (χ0v) is 18.0. The van der Waals surface area contributed by atoms with E-state index in [0.717, 1.165) is 56.1 Å². The first-order valence-electron chi connectivity index (χ1n) is 11.9. The maximum atomic E-state index is 10.1. The van der Waals surface area contributed by atoms with Crippen molar-refractivity contribution >= 4 is 0 Å². The van der Waals surface area contributed by atoms with Crippen LogP contribution < -0.4 is 0 Å². The minimum Gasteiger partial charge on any atom is -0.395 e. The summed E-state index contributed by atoms with van der Waals surface area (Å²) in [6, 6.07) is -0.497. The number of hydrogen-bond acceptors (Lipinski definition) is 6. The molecule has 4 bridgehead atoms. The molecule has 5 aliphatic rings. The van der Waals surface area contributed by atoms with E-state index in [9.17, 15) is 20.4 Å². The lowest BCUT2D eigenvalue weighted by Gasteiger charge is -2.59. The lowest BCUT2D eigenvalue weighted by Crippen LogP contribution is -2.62. The van der Waals surface area contributed by atoms with Gasteiger partial charge in [0.1, 0.15) is 12.2 Å². The SMILES string of the molecule is CC1C2CC3C[C@@H]1CC(COCCCCCN1C[C@H](O)[C@@H](O)[C@H](O)[C@H]1CO)(C3)C2. The molecule has 0 radical (unpaired) electrons. The van der Waals surface area contributed by atoms with Gasteiger partial charge in [-0.3, -0.25) is 4.90 Å². The quantitative estimate of drug-likeness (QED) is 0.429. The molecule has 1 aliphatic heterocycles. The molecule has 6 nitrogen and oxygen atoms in total. The summed E-state index contributed by atoms with van der Waals surface area (Å²) in [6.45, 7) is 5.02. The molecule has 0 aromatic heterocycles. The second kappa shape index (κ2) is 9.09. The van der Waals surface area contributed by atoms with Crippen molar-refractivity contribution in [2.24, 2.45) is 29.1 Å². The van der Waals surface area contributed by atoms with Crippen molar-refractivity contribution < 1.29 is 25.2 Å². The molecule has 5 rings (SSSR count). The van der Waals surface area contributed by atoms with Crippen LogP contribution in [0.25, 0.3) is 0 Å². The zero-order chi connectivity index (χ0) is 20.6. The highest BCUT2D eigenvalue weighted by molar-refractivity contribution is 5.03. The van der Waals surface area contributed by atoms with Crippen LogP contribution in [-0.4, -0.2) is 82.6 Å². The van der Waals surface area contributed by atoms with Crippen molar-refractivity contribution in [1.29, 1.82) is 0 Å². The van der Waals surface area contributed by atoms with E-state index in [2.05, 4.69) is 6.92 Å². The minimum absolute atomic E-state index is 0.211. The predicted octanol–water partition coefficient (Wildman–Crippen LogP) is 1.39. The first kappa shape index (κ1) is 22.0. The maximum Gasteiger partial charge on any atom is 0.109 e. The third-order valence-corrected chi connectivity index (χ3v) is 8.73. The smallest absolute Gasteiger partial charge is 0.109 e. The Morgan fingerprint density at radius 3 is 2.38 bits per heavy atom. The number of rotatable bonds is 9. The highest BCUT2D eigenvalue weighted by Gasteiger charge is 2.53. The largest absolute Gasteiger partial charge is 0.395 e. The third-order valence-electron chi connectivity index (χ3n) is 8.73. The Kier molecular flexibility index (Phi) is 6.89. The molecule has 1 saturated heterocycles. The second-order valence-electron chi connectivity index (χ2n) is 10.7. The van der Waals surface area contributed by atoms with Crippen LogP contribution in [0.15, 0.2) is 0 Å². The Balaban J connectivity index is 1.13. The number of ether oxygens (including phenoxy) is 1. The van der Waals surface area contributed by atoms with Gasteiger partial charge < -0.3 is 25.2 Å². The number of unbranched alkanes of at least 4 members (excludes halogenated alkanes) is 2. The molecule has 5 fully saturated rings. The van der Waals surface area contributed by atoms with Crippen molar-refractivity contribution in [3.05, 3.63) is 0 Å². The summed E-state index contributed by atoms with van der Waals surface area (Å²) in [6.07, 6.45) is 6.83. The van der Waals surface area contributed by atoms with Gasteiger partial charge >= 0.3 is 0 Å². The Morgan fingerprint density at radius 1 is 0.966 bits per heavy atom. The van der Waals surface area contributed by atoms with Crippen molar-refractivity contribution in [1.82, 2.24) is 4.90 Å². The van der Waals surface area contributed by atoms with Crippen LogP contribution in [0, 0.1) is 29.1 Å². The summed E-state index contributed by atoms with van der Waals surface area (Å²) in [5.41, 5.74) is 0.471. The lowest BCUT2D eigenvalue weighted by molar-refractivity contribution is -0.145. The summed E-state index contributed by atoms with van der Waals surface area (Å²) in [7, 11) is 0. The van der Waals surface area contributed by atoms with Crippen LogP contribution in [0.1, 0.15) is 58.3 Å². The highest BCUT2D eigenvalue weighted by Crippen LogP contribution is 2.62. The van der Waals surface area contributed by atoms with Crippen LogP contribution >= 0.6 is 0 Å². The standard InChI is InChI=1S/C23H41NO5/c1-15-17-7-16-8-18(15)11-23(9-16,10-17)14-29-6-4-2-3-5-24-12-20(26)22(28)21(27)19(24)13-25/h15-22,25-28H,2-14H2,1H3/t15?,16?,17-,18?,19-,20+,21-,22-,23?/m1/s1. The van der Waals surface area contributed by atoms with Gasteiger partial charge in [0.2, 0.25) is 0 Å². The van der Waals surface area contributed by atoms with Gasteiger partial charge in [0.25, 0.3) is 0 Å². The van der Waals surface area contributed by atoms with Gasteiger partial charge in [-0.25, -0.2) is 0 Å². The predicted molar refractivity (Wildman–Crippen MR) is 110 cm³/mol. The Labute approximate surface area is 175 Å². The molecule has 168 valence electrons. The highest BCUT2D eigenvalue weighted by atomic mass is 16.5.